The number of ether oxygens (including phenoxy) is 4. The second-order valence-electron chi connectivity index (χ2n) is 9.86. The number of aliphatic hydroxyl groups is 1. The van der Waals surface area contributed by atoms with Gasteiger partial charge in [0.1, 0.15) is 23.3 Å². The Balaban J connectivity index is 1.26. The molecular formula is C27H31BrN2O5. The van der Waals surface area contributed by atoms with E-state index in [1.54, 1.807) is 14.0 Å². The average Bonchev–Trinajstić information content (AvgIpc) is 3.26. The predicted octanol–water partition coefficient (Wildman–Crippen LogP) is 5.18. The molecule has 0 aliphatic carbocycles. The lowest BCUT2D eigenvalue weighted by Crippen LogP contribution is -2.46. The second kappa shape index (κ2) is 9.33. The number of anilines is 1. The fourth-order valence-electron chi connectivity index (χ4n) is 4.76. The molecule has 2 aliphatic rings. The highest BCUT2D eigenvalue weighted by Gasteiger charge is 2.60. The maximum atomic E-state index is 11.1. The first kappa shape index (κ1) is 24.5. The molecule has 8 heteroatoms. The number of hydrogen-bond donors (Lipinski definition) is 2. The van der Waals surface area contributed by atoms with E-state index in [1.165, 1.54) is 0 Å². The van der Waals surface area contributed by atoms with Crippen LogP contribution in [0.2, 0.25) is 0 Å². The Morgan fingerprint density at radius 3 is 2.51 bits per heavy atom. The highest BCUT2D eigenvalue weighted by atomic mass is 79.9. The molecule has 0 saturated carbocycles. The smallest absolute Gasteiger partial charge is 0.190 e. The Hall–Kier alpha value is -2.23. The van der Waals surface area contributed by atoms with Crippen molar-refractivity contribution in [2.75, 3.05) is 12.4 Å². The number of aromatic nitrogens is 1. The second-order valence-corrected chi connectivity index (χ2v) is 10.7. The molecule has 186 valence electrons. The van der Waals surface area contributed by atoms with E-state index in [4.69, 9.17) is 23.9 Å². The van der Waals surface area contributed by atoms with Crippen LogP contribution >= 0.6 is 15.9 Å². The minimum atomic E-state index is -1.11. The molecule has 0 unspecified atom stereocenters. The lowest BCUT2D eigenvalue weighted by atomic mass is 9.91. The molecule has 0 spiro atoms. The lowest BCUT2D eigenvalue weighted by Gasteiger charge is -2.30. The standard InChI is InChI=1S/C27H31BrN2O5/c1-26(2)34-23-25(35-26)33-22(27(23,3)31)12-8-16-5-9-18-14-20(28)24(30-21(18)13-16)29-15-17-6-10-19(32-4)11-7-17/h5-7,9-11,13-14,22-23,25,31H,8,12,15H2,1-4H3,(H,29,30)/t22-,23+,25-,27-/m1/s1. The summed E-state index contributed by atoms with van der Waals surface area (Å²) in [6, 6.07) is 16.3. The van der Waals surface area contributed by atoms with Gasteiger partial charge in [-0.2, -0.15) is 0 Å². The van der Waals surface area contributed by atoms with Crippen molar-refractivity contribution in [1.29, 1.82) is 0 Å². The normalized spacial score (nSPS) is 27.2. The van der Waals surface area contributed by atoms with Gasteiger partial charge in [0.15, 0.2) is 12.1 Å². The van der Waals surface area contributed by atoms with Crippen LogP contribution in [0.3, 0.4) is 0 Å². The molecule has 1 aromatic heterocycles. The van der Waals surface area contributed by atoms with Gasteiger partial charge in [0, 0.05) is 11.9 Å². The Kier molecular flexibility index (Phi) is 6.52. The van der Waals surface area contributed by atoms with Gasteiger partial charge in [0.25, 0.3) is 0 Å². The zero-order valence-electron chi connectivity index (χ0n) is 20.4. The van der Waals surface area contributed by atoms with E-state index in [2.05, 4.69) is 45.5 Å². The van der Waals surface area contributed by atoms with Gasteiger partial charge >= 0.3 is 0 Å². The van der Waals surface area contributed by atoms with E-state index in [0.29, 0.717) is 13.0 Å². The van der Waals surface area contributed by atoms with Gasteiger partial charge in [0.05, 0.1) is 23.2 Å². The zero-order valence-corrected chi connectivity index (χ0v) is 22.0. The molecule has 7 nitrogen and oxygen atoms in total. The number of benzene rings is 2. The van der Waals surface area contributed by atoms with Crippen LogP contribution in [0.25, 0.3) is 10.9 Å². The molecule has 2 aromatic carbocycles. The van der Waals surface area contributed by atoms with Crippen molar-refractivity contribution < 1.29 is 24.1 Å². The molecule has 0 bridgehead atoms. The van der Waals surface area contributed by atoms with Crippen molar-refractivity contribution in [3.63, 3.8) is 0 Å². The third-order valence-corrected chi connectivity index (χ3v) is 7.34. The molecule has 2 N–H and O–H groups in total. The van der Waals surface area contributed by atoms with Crippen molar-refractivity contribution >= 4 is 32.7 Å². The Bertz CT molecular complexity index is 1210. The number of halogens is 1. The minimum absolute atomic E-state index is 0.371. The number of pyridine rings is 1. The minimum Gasteiger partial charge on any atom is -0.497 e. The monoisotopic (exact) mass is 542 g/mol. The number of fused-ring (bicyclic) bond motifs is 2. The third kappa shape index (κ3) is 5.04. The van der Waals surface area contributed by atoms with Gasteiger partial charge in [-0.15, -0.1) is 0 Å². The highest BCUT2D eigenvalue weighted by molar-refractivity contribution is 9.10. The van der Waals surface area contributed by atoms with Crippen LogP contribution in [0, 0.1) is 0 Å². The molecule has 3 aromatic rings. The molecule has 2 saturated heterocycles. The summed E-state index contributed by atoms with van der Waals surface area (Å²) in [7, 11) is 1.66. The largest absolute Gasteiger partial charge is 0.497 e. The van der Waals surface area contributed by atoms with Crippen LogP contribution in [0.15, 0.2) is 53.0 Å². The number of rotatable bonds is 7. The first-order valence-corrected chi connectivity index (χ1v) is 12.6. The van der Waals surface area contributed by atoms with Crippen LogP contribution in [0.5, 0.6) is 5.75 Å². The molecular weight excluding hydrogens is 512 g/mol. The van der Waals surface area contributed by atoms with Gasteiger partial charge in [-0.3, -0.25) is 0 Å². The van der Waals surface area contributed by atoms with Crippen molar-refractivity contribution in [2.24, 2.45) is 0 Å². The van der Waals surface area contributed by atoms with E-state index in [1.807, 2.05) is 38.1 Å². The Morgan fingerprint density at radius 2 is 1.80 bits per heavy atom. The summed E-state index contributed by atoms with van der Waals surface area (Å²) >= 11 is 3.64. The first-order chi connectivity index (χ1) is 16.6. The van der Waals surface area contributed by atoms with E-state index in [9.17, 15) is 5.11 Å². The predicted molar refractivity (Wildman–Crippen MR) is 137 cm³/mol. The van der Waals surface area contributed by atoms with Gasteiger partial charge in [-0.05, 0) is 84.9 Å². The summed E-state index contributed by atoms with van der Waals surface area (Å²) in [5.74, 6) is 0.877. The number of aryl methyl sites for hydroxylation is 1. The average molecular weight is 543 g/mol. The highest BCUT2D eigenvalue weighted by Crippen LogP contribution is 2.44. The number of nitrogens with one attached hydrogen (secondary N) is 1. The molecule has 5 rings (SSSR count). The van der Waals surface area contributed by atoms with Crippen LogP contribution in [0.4, 0.5) is 5.82 Å². The van der Waals surface area contributed by atoms with Crippen LogP contribution in [-0.2, 0) is 27.2 Å². The van der Waals surface area contributed by atoms with E-state index in [0.717, 1.165) is 44.5 Å². The van der Waals surface area contributed by atoms with Crippen LogP contribution < -0.4 is 10.1 Å². The van der Waals surface area contributed by atoms with Gasteiger partial charge in [-0.1, -0.05) is 24.3 Å². The zero-order chi connectivity index (χ0) is 24.8. The maximum Gasteiger partial charge on any atom is 0.190 e. The summed E-state index contributed by atoms with van der Waals surface area (Å²) in [5.41, 5.74) is 2.06. The maximum absolute atomic E-state index is 11.1. The summed E-state index contributed by atoms with van der Waals surface area (Å²) < 4.78 is 23.9. The van der Waals surface area contributed by atoms with Crippen molar-refractivity contribution in [3.05, 3.63) is 64.1 Å². The summed E-state index contributed by atoms with van der Waals surface area (Å²) in [5, 5.41) is 15.6. The molecule has 0 radical (unpaired) electrons. The topological polar surface area (TPSA) is 82.1 Å². The van der Waals surface area contributed by atoms with Gasteiger partial charge in [0.2, 0.25) is 0 Å². The fourth-order valence-corrected chi connectivity index (χ4v) is 5.24. The Labute approximate surface area is 213 Å². The summed E-state index contributed by atoms with van der Waals surface area (Å²) in [4.78, 5) is 4.85. The van der Waals surface area contributed by atoms with E-state index >= 15 is 0 Å². The Morgan fingerprint density at radius 1 is 1.06 bits per heavy atom. The van der Waals surface area contributed by atoms with Crippen molar-refractivity contribution in [3.8, 4) is 5.75 Å². The number of nitrogens with zero attached hydrogens (tertiary/aromatic N) is 1. The summed E-state index contributed by atoms with van der Waals surface area (Å²) in [6.45, 7) is 6.09. The molecule has 35 heavy (non-hydrogen) atoms. The SMILES string of the molecule is COc1ccc(CNc2nc3cc(CC[C@H]4O[C@@H]5OC(C)(C)O[C@@H]5[C@]4(C)O)ccc3cc2Br)cc1. The van der Waals surface area contributed by atoms with E-state index < -0.39 is 23.8 Å². The quantitative estimate of drug-likeness (QED) is 0.425. The van der Waals surface area contributed by atoms with Crippen molar-refractivity contribution in [2.45, 2.75) is 70.0 Å². The van der Waals surface area contributed by atoms with Crippen molar-refractivity contribution in [1.82, 2.24) is 4.98 Å². The molecule has 2 aliphatic heterocycles. The molecule has 4 atom stereocenters. The van der Waals surface area contributed by atoms with E-state index in [-0.39, 0.29) is 6.10 Å². The molecule has 2 fully saturated rings. The molecule has 3 heterocycles. The first-order valence-electron chi connectivity index (χ1n) is 11.8. The summed E-state index contributed by atoms with van der Waals surface area (Å²) in [6.07, 6.45) is -0.00900. The van der Waals surface area contributed by atoms with Gasteiger partial charge in [-0.25, -0.2) is 4.98 Å². The van der Waals surface area contributed by atoms with Gasteiger partial charge < -0.3 is 29.4 Å². The number of hydrogen-bond acceptors (Lipinski definition) is 7. The molecule has 0 amide bonds. The van der Waals surface area contributed by atoms with Crippen LogP contribution in [0.1, 0.15) is 38.3 Å². The van der Waals surface area contributed by atoms with Crippen LogP contribution in [-0.4, -0.2) is 47.1 Å². The third-order valence-electron chi connectivity index (χ3n) is 6.73. The number of methoxy groups -OCH3 is 1. The lowest BCUT2D eigenvalue weighted by molar-refractivity contribution is -0.227. The fraction of sp³-hybridized carbons (Fsp3) is 0.444.